The van der Waals surface area contributed by atoms with Gasteiger partial charge in [-0.15, -0.1) is 0 Å². The molecule has 0 atom stereocenters. The van der Waals surface area contributed by atoms with Crippen LogP contribution in [-0.4, -0.2) is 24.1 Å². The van der Waals surface area contributed by atoms with Crippen molar-refractivity contribution < 1.29 is 14.3 Å². The highest BCUT2D eigenvalue weighted by molar-refractivity contribution is 5.99. The largest absolute Gasteiger partial charge is 0.454 e. The van der Waals surface area contributed by atoms with E-state index in [4.69, 9.17) is 9.47 Å². The van der Waals surface area contributed by atoms with E-state index in [9.17, 15) is 4.79 Å². The van der Waals surface area contributed by atoms with Gasteiger partial charge in [-0.3, -0.25) is 4.79 Å². The van der Waals surface area contributed by atoms with Crippen LogP contribution in [0.25, 0.3) is 0 Å². The molecule has 4 nitrogen and oxygen atoms in total. The van der Waals surface area contributed by atoms with Crippen LogP contribution in [0.5, 0.6) is 11.5 Å². The van der Waals surface area contributed by atoms with Crippen LogP contribution in [0.3, 0.4) is 0 Å². The van der Waals surface area contributed by atoms with Crippen LogP contribution in [0.4, 0.5) is 0 Å². The van der Waals surface area contributed by atoms with E-state index in [0.717, 1.165) is 29.8 Å². The van der Waals surface area contributed by atoms with Crippen molar-refractivity contribution in [2.24, 2.45) is 0 Å². The van der Waals surface area contributed by atoms with Crippen LogP contribution in [-0.2, 0) is 13.0 Å². The predicted molar refractivity (Wildman–Crippen MR) is 77.5 cm³/mol. The number of fused-ring (bicyclic) bond motifs is 2. The lowest BCUT2D eigenvalue weighted by Crippen LogP contribution is -2.26. The van der Waals surface area contributed by atoms with E-state index in [2.05, 4.69) is 12.1 Å². The van der Waals surface area contributed by atoms with E-state index < -0.39 is 0 Å². The molecule has 0 spiro atoms. The number of amides is 1. The van der Waals surface area contributed by atoms with Gasteiger partial charge in [0.05, 0.1) is 0 Å². The van der Waals surface area contributed by atoms with Crippen molar-refractivity contribution in [1.82, 2.24) is 4.90 Å². The molecule has 2 heterocycles. The van der Waals surface area contributed by atoms with Crippen molar-refractivity contribution in [2.45, 2.75) is 13.0 Å². The Balaban J connectivity index is 1.51. The van der Waals surface area contributed by atoms with Gasteiger partial charge in [-0.1, -0.05) is 30.3 Å². The fraction of sp³-hybridized carbons (Fsp3) is 0.235. The summed E-state index contributed by atoms with van der Waals surface area (Å²) in [5.41, 5.74) is 3.01. The average molecular weight is 281 g/mol. The molecule has 0 saturated carbocycles. The summed E-state index contributed by atoms with van der Waals surface area (Å²) >= 11 is 0. The molecule has 0 aromatic heterocycles. The van der Waals surface area contributed by atoms with Crippen molar-refractivity contribution in [2.75, 3.05) is 13.3 Å². The number of benzene rings is 2. The fourth-order valence-electron chi connectivity index (χ4n) is 2.85. The van der Waals surface area contributed by atoms with Gasteiger partial charge in [0.1, 0.15) is 0 Å². The number of hydrogen-bond donors (Lipinski definition) is 0. The predicted octanol–water partition coefficient (Wildman–Crippen LogP) is 2.61. The Morgan fingerprint density at radius 2 is 1.81 bits per heavy atom. The van der Waals surface area contributed by atoms with Crippen molar-refractivity contribution in [1.29, 1.82) is 0 Å². The van der Waals surface area contributed by atoms with Crippen molar-refractivity contribution in [3.05, 3.63) is 59.2 Å². The molecule has 106 valence electrons. The topological polar surface area (TPSA) is 38.8 Å². The molecule has 0 N–H and O–H groups in total. The molecule has 21 heavy (non-hydrogen) atoms. The first kappa shape index (κ1) is 12.3. The average Bonchev–Trinajstić information content (AvgIpc) is 3.09. The molecule has 0 bridgehead atoms. The molecule has 4 heteroatoms. The molecular weight excluding hydrogens is 266 g/mol. The van der Waals surface area contributed by atoms with Crippen LogP contribution in [0, 0.1) is 0 Å². The first-order valence-corrected chi connectivity index (χ1v) is 7.07. The SMILES string of the molecule is O=C1c2cc3c(cc2CN1CCc1ccccc1)OCO3. The maximum absolute atomic E-state index is 12.4. The van der Waals surface area contributed by atoms with E-state index in [-0.39, 0.29) is 12.7 Å². The zero-order valence-electron chi connectivity index (χ0n) is 11.5. The van der Waals surface area contributed by atoms with E-state index >= 15 is 0 Å². The molecule has 0 aliphatic carbocycles. The second-order valence-electron chi connectivity index (χ2n) is 5.32. The Labute approximate surface area is 122 Å². The molecule has 4 rings (SSSR count). The van der Waals surface area contributed by atoms with E-state index in [1.807, 2.05) is 35.2 Å². The highest BCUT2D eigenvalue weighted by Gasteiger charge is 2.30. The summed E-state index contributed by atoms with van der Waals surface area (Å²) in [6.45, 7) is 1.62. The molecule has 1 amide bonds. The van der Waals surface area contributed by atoms with Gasteiger partial charge < -0.3 is 14.4 Å². The monoisotopic (exact) mass is 281 g/mol. The Bertz CT molecular complexity index is 697. The number of carbonyl (C=O) groups excluding carboxylic acids is 1. The Hall–Kier alpha value is -2.49. The third kappa shape index (κ3) is 2.13. The number of nitrogens with zero attached hydrogens (tertiary/aromatic N) is 1. The van der Waals surface area contributed by atoms with Crippen LogP contribution in [0.2, 0.25) is 0 Å². The minimum Gasteiger partial charge on any atom is -0.454 e. The van der Waals surface area contributed by atoms with E-state index in [0.29, 0.717) is 12.3 Å². The third-order valence-electron chi connectivity index (χ3n) is 3.99. The van der Waals surface area contributed by atoms with Crippen LogP contribution in [0.15, 0.2) is 42.5 Å². The molecule has 0 radical (unpaired) electrons. The van der Waals surface area contributed by atoms with Crippen LogP contribution >= 0.6 is 0 Å². The van der Waals surface area contributed by atoms with Crippen molar-refractivity contribution >= 4 is 5.91 Å². The van der Waals surface area contributed by atoms with E-state index in [1.165, 1.54) is 5.56 Å². The summed E-state index contributed by atoms with van der Waals surface area (Å²) in [4.78, 5) is 14.3. The molecule has 0 unspecified atom stereocenters. The van der Waals surface area contributed by atoms with Crippen LogP contribution < -0.4 is 9.47 Å². The molecule has 0 saturated heterocycles. The minimum absolute atomic E-state index is 0.0826. The van der Waals surface area contributed by atoms with Gasteiger partial charge in [-0.25, -0.2) is 0 Å². The van der Waals surface area contributed by atoms with Crippen molar-refractivity contribution in [3.8, 4) is 11.5 Å². The second kappa shape index (κ2) is 4.81. The van der Waals surface area contributed by atoms with E-state index in [1.54, 1.807) is 0 Å². The lowest BCUT2D eigenvalue weighted by Gasteiger charge is -2.15. The normalized spacial score (nSPS) is 15.4. The van der Waals surface area contributed by atoms with Crippen molar-refractivity contribution in [3.63, 3.8) is 0 Å². The molecule has 2 aliphatic heterocycles. The summed E-state index contributed by atoms with van der Waals surface area (Å²) in [5, 5.41) is 0. The molecule has 0 fully saturated rings. The second-order valence-corrected chi connectivity index (χ2v) is 5.32. The molecular formula is C17H15NO3. The summed E-state index contributed by atoms with van der Waals surface area (Å²) < 4.78 is 10.7. The highest BCUT2D eigenvalue weighted by atomic mass is 16.7. The minimum atomic E-state index is 0.0826. The smallest absolute Gasteiger partial charge is 0.254 e. The fourth-order valence-corrected chi connectivity index (χ4v) is 2.85. The van der Waals surface area contributed by atoms with Gasteiger partial charge in [0.25, 0.3) is 5.91 Å². The van der Waals surface area contributed by atoms with Gasteiger partial charge >= 0.3 is 0 Å². The maximum Gasteiger partial charge on any atom is 0.254 e. The molecule has 2 aromatic rings. The summed E-state index contributed by atoms with van der Waals surface area (Å²) in [5.74, 6) is 1.50. The molecule has 2 aromatic carbocycles. The van der Waals surface area contributed by atoms with Gasteiger partial charge in [-0.05, 0) is 29.7 Å². The molecule has 2 aliphatic rings. The number of hydrogen-bond acceptors (Lipinski definition) is 3. The zero-order valence-corrected chi connectivity index (χ0v) is 11.5. The lowest BCUT2D eigenvalue weighted by molar-refractivity contribution is 0.0779. The Morgan fingerprint density at radius 1 is 1.05 bits per heavy atom. The highest BCUT2D eigenvalue weighted by Crippen LogP contribution is 2.37. The first-order chi connectivity index (χ1) is 10.3. The zero-order chi connectivity index (χ0) is 14.2. The summed E-state index contributed by atoms with van der Waals surface area (Å²) in [6.07, 6.45) is 0.868. The maximum atomic E-state index is 12.4. The standard InChI is InChI=1S/C17H15NO3/c19-17-14-9-16-15(20-11-21-16)8-13(14)10-18(17)7-6-12-4-2-1-3-5-12/h1-5,8-9H,6-7,10-11H2. The first-order valence-electron chi connectivity index (χ1n) is 7.07. The van der Waals surface area contributed by atoms with Gasteiger partial charge in [-0.2, -0.15) is 0 Å². The van der Waals surface area contributed by atoms with Gasteiger partial charge in [0, 0.05) is 18.7 Å². The number of ether oxygens (including phenoxy) is 2. The number of rotatable bonds is 3. The Kier molecular flexibility index (Phi) is 2.81. The van der Waals surface area contributed by atoms with Crippen LogP contribution in [0.1, 0.15) is 21.5 Å². The Morgan fingerprint density at radius 3 is 2.62 bits per heavy atom. The third-order valence-corrected chi connectivity index (χ3v) is 3.99. The summed E-state index contributed by atoms with van der Waals surface area (Å²) in [7, 11) is 0. The number of carbonyl (C=O) groups is 1. The summed E-state index contributed by atoms with van der Waals surface area (Å²) in [6, 6.07) is 14.0. The van der Waals surface area contributed by atoms with Gasteiger partial charge in [0.15, 0.2) is 11.5 Å². The van der Waals surface area contributed by atoms with Gasteiger partial charge in [0.2, 0.25) is 6.79 Å². The lowest BCUT2D eigenvalue weighted by atomic mass is 10.1. The quantitative estimate of drug-likeness (QED) is 0.868.